The van der Waals surface area contributed by atoms with Gasteiger partial charge in [0.2, 0.25) is 5.91 Å². The van der Waals surface area contributed by atoms with Gasteiger partial charge in [-0.15, -0.1) is 0 Å². The standard InChI is InChI=1S/C13H19N3O/c1-13(2,14)7-8-16-11-6-4-3-5-10(11)15-9-12(16)17/h3-6,15H,7-9,14H2,1-2H3. The molecule has 4 nitrogen and oxygen atoms in total. The summed E-state index contributed by atoms with van der Waals surface area (Å²) < 4.78 is 0. The second-order valence-electron chi connectivity index (χ2n) is 5.15. The van der Waals surface area contributed by atoms with E-state index in [1.54, 1.807) is 0 Å². The highest BCUT2D eigenvalue weighted by Crippen LogP contribution is 2.29. The quantitative estimate of drug-likeness (QED) is 0.833. The number of rotatable bonds is 3. The molecule has 2 rings (SSSR count). The van der Waals surface area contributed by atoms with Gasteiger partial charge in [-0.3, -0.25) is 4.79 Å². The molecular weight excluding hydrogens is 214 g/mol. The first-order valence-corrected chi connectivity index (χ1v) is 5.89. The van der Waals surface area contributed by atoms with Crippen LogP contribution in [0.5, 0.6) is 0 Å². The van der Waals surface area contributed by atoms with Crippen LogP contribution in [0.1, 0.15) is 20.3 Å². The number of nitrogens with two attached hydrogens (primary N) is 1. The van der Waals surface area contributed by atoms with Crippen LogP contribution in [0.15, 0.2) is 24.3 Å². The molecule has 3 N–H and O–H groups in total. The van der Waals surface area contributed by atoms with Gasteiger partial charge in [-0.2, -0.15) is 0 Å². The van der Waals surface area contributed by atoms with Crippen molar-refractivity contribution in [3.8, 4) is 0 Å². The third-order valence-corrected chi connectivity index (χ3v) is 2.91. The molecule has 92 valence electrons. The SMILES string of the molecule is CC(C)(N)CCN1C(=O)CNc2ccccc21. The summed E-state index contributed by atoms with van der Waals surface area (Å²) in [6.45, 7) is 4.99. The lowest BCUT2D eigenvalue weighted by Crippen LogP contribution is -2.44. The van der Waals surface area contributed by atoms with Crippen molar-refractivity contribution < 1.29 is 4.79 Å². The Kier molecular flexibility index (Phi) is 3.07. The fourth-order valence-electron chi connectivity index (χ4n) is 1.90. The summed E-state index contributed by atoms with van der Waals surface area (Å²) in [4.78, 5) is 13.7. The molecule has 1 aliphatic heterocycles. The Morgan fingerprint density at radius 3 is 2.82 bits per heavy atom. The summed E-state index contributed by atoms with van der Waals surface area (Å²) in [7, 11) is 0. The number of nitrogens with zero attached hydrogens (tertiary/aromatic N) is 1. The minimum Gasteiger partial charge on any atom is -0.374 e. The molecule has 1 heterocycles. The average molecular weight is 233 g/mol. The molecule has 0 radical (unpaired) electrons. The highest BCUT2D eigenvalue weighted by Gasteiger charge is 2.24. The summed E-state index contributed by atoms with van der Waals surface area (Å²) in [5.41, 5.74) is 7.68. The van der Waals surface area contributed by atoms with Gasteiger partial charge >= 0.3 is 0 Å². The fraction of sp³-hybridized carbons (Fsp3) is 0.462. The van der Waals surface area contributed by atoms with E-state index in [1.807, 2.05) is 43.0 Å². The first-order valence-electron chi connectivity index (χ1n) is 5.89. The second kappa shape index (κ2) is 4.37. The summed E-state index contributed by atoms with van der Waals surface area (Å²) >= 11 is 0. The minimum atomic E-state index is -0.250. The first kappa shape index (κ1) is 11.9. The summed E-state index contributed by atoms with van der Waals surface area (Å²) in [5.74, 6) is 0.105. The Balaban J connectivity index is 2.18. The molecule has 0 saturated carbocycles. The lowest BCUT2D eigenvalue weighted by Gasteiger charge is -2.32. The van der Waals surface area contributed by atoms with Crippen LogP contribution in [0.2, 0.25) is 0 Å². The van der Waals surface area contributed by atoms with Gasteiger partial charge in [0.05, 0.1) is 17.9 Å². The van der Waals surface area contributed by atoms with Gasteiger partial charge in [-0.1, -0.05) is 12.1 Å². The van der Waals surface area contributed by atoms with E-state index < -0.39 is 0 Å². The summed E-state index contributed by atoms with van der Waals surface area (Å²) in [5, 5.41) is 3.12. The Morgan fingerprint density at radius 1 is 1.41 bits per heavy atom. The van der Waals surface area contributed by atoms with Crippen molar-refractivity contribution in [1.82, 2.24) is 0 Å². The Labute approximate surface area is 102 Å². The Hall–Kier alpha value is -1.55. The lowest BCUT2D eigenvalue weighted by molar-refractivity contribution is -0.117. The average Bonchev–Trinajstić information content (AvgIpc) is 2.26. The number of anilines is 2. The molecule has 0 saturated heterocycles. The molecule has 0 fully saturated rings. The van der Waals surface area contributed by atoms with Crippen LogP contribution in [0.3, 0.4) is 0 Å². The molecular formula is C13H19N3O. The highest BCUT2D eigenvalue weighted by atomic mass is 16.2. The van der Waals surface area contributed by atoms with Crippen LogP contribution in [0.25, 0.3) is 0 Å². The number of carbonyl (C=O) groups is 1. The van der Waals surface area contributed by atoms with Gasteiger partial charge in [0.1, 0.15) is 0 Å². The van der Waals surface area contributed by atoms with E-state index in [-0.39, 0.29) is 11.4 Å². The summed E-state index contributed by atoms with van der Waals surface area (Å²) in [6.07, 6.45) is 0.785. The van der Waals surface area contributed by atoms with Crippen molar-refractivity contribution in [2.75, 3.05) is 23.3 Å². The number of hydrogen-bond acceptors (Lipinski definition) is 3. The number of fused-ring (bicyclic) bond motifs is 1. The smallest absolute Gasteiger partial charge is 0.246 e. The normalized spacial score (nSPS) is 15.5. The number of para-hydroxylation sites is 2. The monoisotopic (exact) mass is 233 g/mol. The number of benzene rings is 1. The van der Waals surface area contributed by atoms with Crippen molar-refractivity contribution in [3.63, 3.8) is 0 Å². The van der Waals surface area contributed by atoms with Crippen molar-refractivity contribution in [2.24, 2.45) is 5.73 Å². The maximum absolute atomic E-state index is 11.9. The van der Waals surface area contributed by atoms with Crippen molar-refractivity contribution in [2.45, 2.75) is 25.8 Å². The van der Waals surface area contributed by atoms with E-state index in [9.17, 15) is 4.79 Å². The van der Waals surface area contributed by atoms with E-state index in [0.717, 1.165) is 17.8 Å². The highest BCUT2D eigenvalue weighted by molar-refractivity contribution is 6.02. The van der Waals surface area contributed by atoms with Crippen LogP contribution >= 0.6 is 0 Å². The minimum absolute atomic E-state index is 0.105. The molecule has 0 aliphatic carbocycles. The van der Waals surface area contributed by atoms with Crippen molar-refractivity contribution in [1.29, 1.82) is 0 Å². The van der Waals surface area contributed by atoms with Gasteiger partial charge in [0.15, 0.2) is 0 Å². The van der Waals surface area contributed by atoms with Gasteiger partial charge < -0.3 is 16.0 Å². The van der Waals surface area contributed by atoms with Crippen LogP contribution in [-0.2, 0) is 4.79 Å². The third-order valence-electron chi connectivity index (χ3n) is 2.91. The van der Waals surface area contributed by atoms with E-state index in [2.05, 4.69) is 5.32 Å². The van der Waals surface area contributed by atoms with E-state index in [1.165, 1.54) is 0 Å². The predicted molar refractivity (Wildman–Crippen MR) is 70.2 cm³/mol. The zero-order valence-electron chi connectivity index (χ0n) is 10.4. The van der Waals surface area contributed by atoms with E-state index >= 15 is 0 Å². The molecule has 0 unspecified atom stereocenters. The van der Waals surface area contributed by atoms with Crippen LogP contribution < -0.4 is 16.0 Å². The van der Waals surface area contributed by atoms with E-state index in [4.69, 9.17) is 5.73 Å². The molecule has 1 aromatic carbocycles. The molecule has 0 aromatic heterocycles. The van der Waals surface area contributed by atoms with Gasteiger partial charge in [0, 0.05) is 12.1 Å². The zero-order valence-corrected chi connectivity index (χ0v) is 10.4. The molecule has 0 spiro atoms. The Morgan fingerprint density at radius 2 is 2.12 bits per heavy atom. The molecule has 4 heteroatoms. The Bertz CT molecular complexity index is 423. The van der Waals surface area contributed by atoms with Crippen LogP contribution in [-0.4, -0.2) is 24.5 Å². The van der Waals surface area contributed by atoms with Crippen LogP contribution in [0, 0.1) is 0 Å². The molecule has 17 heavy (non-hydrogen) atoms. The largest absolute Gasteiger partial charge is 0.374 e. The molecule has 1 aromatic rings. The predicted octanol–water partition coefficient (Wildman–Crippen LogP) is 1.57. The van der Waals surface area contributed by atoms with Crippen molar-refractivity contribution >= 4 is 17.3 Å². The second-order valence-corrected chi connectivity index (χ2v) is 5.15. The molecule has 1 amide bonds. The zero-order chi connectivity index (χ0) is 12.5. The van der Waals surface area contributed by atoms with Crippen LogP contribution in [0.4, 0.5) is 11.4 Å². The van der Waals surface area contributed by atoms with Gasteiger partial charge in [0.25, 0.3) is 0 Å². The molecule has 0 atom stereocenters. The number of nitrogens with one attached hydrogen (secondary N) is 1. The van der Waals surface area contributed by atoms with Gasteiger partial charge in [-0.05, 0) is 32.4 Å². The first-order chi connectivity index (χ1) is 7.97. The molecule has 0 bridgehead atoms. The number of carbonyl (C=O) groups excluding carboxylic acids is 1. The maximum atomic E-state index is 11.9. The van der Waals surface area contributed by atoms with Crippen molar-refractivity contribution in [3.05, 3.63) is 24.3 Å². The molecule has 1 aliphatic rings. The third kappa shape index (κ3) is 2.77. The number of amides is 1. The van der Waals surface area contributed by atoms with Gasteiger partial charge in [-0.25, -0.2) is 0 Å². The number of hydrogen-bond donors (Lipinski definition) is 2. The fourth-order valence-corrected chi connectivity index (χ4v) is 1.90. The maximum Gasteiger partial charge on any atom is 0.246 e. The topological polar surface area (TPSA) is 58.4 Å². The summed E-state index contributed by atoms with van der Waals surface area (Å²) in [6, 6.07) is 7.86. The lowest BCUT2D eigenvalue weighted by atomic mass is 10.0. The van der Waals surface area contributed by atoms with E-state index in [0.29, 0.717) is 13.1 Å².